The van der Waals surface area contributed by atoms with Crippen molar-refractivity contribution >= 4 is 67.4 Å². The number of hydrogen-bond donors (Lipinski definition) is 3. The predicted octanol–water partition coefficient (Wildman–Crippen LogP) is 12.4. The monoisotopic (exact) mass is 1310 g/mol. The molecule has 0 unspecified atom stereocenters. The second kappa shape index (κ2) is 27.1. The molecule has 0 aliphatic heterocycles. The molecule has 11 nitrogen and oxygen atoms in total. The minimum atomic E-state index is -1.72. The predicted molar refractivity (Wildman–Crippen MR) is 333 cm³/mol. The number of carbonyl (C=O) groups is 2. The molecular formula is C66H102Cl2IN2NaO9Si. The number of nitrogens with zero attached hydrogens (tertiary/aromatic N) is 2. The molecule has 0 radical (unpaired) electrons. The normalized spacial score (nSPS) is 40.7. The van der Waals surface area contributed by atoms with Gasteiger partial charge in [-0.25, -0.2) is 14.8 Å². The summed E-state index contributed by atoms with van der Waals surface area (Å²) >= 11 is 12.5. The Labute approximate surface area is 543 Å². The third kappa shape index (κ3) is 13.1. The molecule has 16 heteroatoms. The summed E-state index contributed by atoms with van der Waals surface area (Å²) in [6.45, 7) is 30.5. The Morgan fingerprint density at radius 1 is 0.671 bits per heavy atom. The Hall–Kier alpha value is -0.753. The van der Waals surface area contributed by atoms with Crippen molar-refractivity contribution in [3.05, 3.63) is 45.7 Å². The van der Waals surface area contributed by atoms with Crippen LogP contribution in [-0.4, -0.2) is 77.1 Å². The Balaban J connectivity index is 0.000000231. The third-order valence-electron chi connectivity index (χ3n) is 24.8. The summed E-state index contributed by atoms with van der Waals surface area (Å²) in [6.07, 6.45) is 23.6. The molecule has 8 aliphatic carbocycles. The second-order valence-corrected chi connectivity index (χ2v) is 35.0. The fourth-order valence-corrected chi connectivity index (χ4v) is 22.6. The zero-order valence-electron chi connectivity index (χ0n) is 52.2. The molecule has 82 heavy (non-hydrogen) atoms. The largest absolute Gasteiger partial charge is 1.00 e. The van der Waals surface area contributed by atoms with E-state index in [9.17, 15) is 24.9 Å². The molecule has 8 aliphatic rings. The molecule has 0 saturated heterocycles. The van der Waals surface area contributed by atoms with Gasteiger partial charge in [-0.2, -0.15) is 0 Å². The number of pyridine rings is 2. The fourth-order valence-electron chi connectivity index (χ4n) is 21.0. The number of aromatic carboxylic acids is 2. The van der Waals surface area contributed by atoms with Crippen LogP contribution in [-0.2, 0) is 4.43 Å². The van der Waals surface area contributed by atoms with Crippen LogP contribution < -0.4 is 44.1 Å². The number of aromatic nitrogens is 2. The van der Waals surface area contributed by atoms with Gasteiger partial charge in [-0.1, -0.05) is 105 Å². The number of fused-ring (bicyclic) bond motifs is 10. The van der Waals surface area contributed by atoms with Crippen LogP contribution in [0.15, 0.2) is 24.5 Å². The first-order chi connectivity index (χ1) is 37.7. The average molecular weight is 1320 g/mol. The second-order valence-electron chi connectivity index (χ2n) is 29.7. The van der Waals surface area contributed by atoms with Crippen molar-refractivity contribution in [2.45, 2.75) is 216 Å². The van der Waals surface area contributed by atoms with Crippen molar-refractivity contribution in [3.8, 4) is 11.8 Å². The SMILES string of the molecule is CC[C@H]1[C@@H](O)[C@@H]2[C@H](CC[C@]3(C)[C@@H]([C@H](C)CCOc4ncc(C(=O)O)cc4Cl)CC[C@@H]23)[C@@]2(C)CC[C@@H](O)C[C@@H]12.CC[C@H]1[C@@H](O[Si](C)(C)C)[C@@H]2[C@H](CC[C@]3(C)[C@@H]([C@H](C)CCOc4ncc(C(=O)[O-])cc4Cl)CC[C@@H]23)[C@@]2(C)CC[C@@H](C)C[C@@H]12.I.[Na+]. The van der Waals surface area contributed by atoms with Crippen LogP contribution in [0.1, 0.15) is 199 Å². The van der Waals surface area contributed by atoms with Crippen molar-refractivity contribution < 1.29 is 73.5 Å². The van der Waals surface area contributed by atoms with E-state index in [-0.39, 0.29) is 110 Å². The van der Waals surface area contributed by atoms with Gasteiger partial charge in [-0.3, -0.25) is 0 Å². The van der Waals surface area contributed by atoms with E-state index in [2.05, 4.69) is 91.9 Å². The standard InChI is InChI=1S/C35H56ClNO4Si.C31H46ClNO5.HI.Na/c1-9-24-28-18-21(2)12-15-35(28,5)27-13-16-34(4)25(10-11-26(34)30(27)31(24)41-42(6,7)8)22(3)14-17-40-32-29(36)19-23(20-37-32)33(38)39;1-5-20-24-15-19(34)8-11-31(24,4)23-9-12-30(3)21(6-7-22(30)26(23)27(20)35)17(2)10-13-38-28-25(32)14-18(16-33-28)29(36)37;;/h19-22,24-28,30-31H,9-18H2,1-8H3,(H,38,39);14,16-17,19-24,26-27,34-35H,5-13,15H2,1-4H3,(H,36,37);1H;/q;;;+1/p-1/t21-,22-,24-,25-,26+,27+,28+,30+,31-,34-,35-;17-,19-,20-,21-,22+,23+,24+,26+,27-,30-,31-;;/m11../s1. The summed E-state index contributed by atoms with van der Waals surface area (Å²) < 4.78 is 19.2. The summed E-state index contributed by atoms with van der Waals surface area (Å²) in [7, 11) is -1.72. The van der Waals surface area contributed by atoms with Gasteiger partial charge in [0, 0.05) is 18.0 Å². The molecular weight excluding hydrogens is 1210 g/mol. The van der Waals surface area contributed by atoms with Gasteiger partial charge < -0.3 is 39.1 Å². The summed E-state index contributed by atoms with van der Waals surface area (Å²) in [5.41, 5.74) is 1.25. The maximum absolute atomic E-state index is 11.9. The zero-order valence-corrected chi connectivity index (χ0v) is 59.0. The minimum Gasteiger partial charge on any atom is -0.545 e. The van der Waals surface area contributed by atoms with Crippen molar-refractivity contribution in [3.63, 3.8) is 0 Å². The number of carboxylic acid groups (broad SMARTS) is 2. The maximum Gasteiger partial charge on any atom is 1.00 e. The van der Waals surface area contributed by atoms with Gasteiger partial charge in [0.05, 0.1) is 43.1 Å². The smallest absolute Gasteiger partial charge is 0.545 e. The number of aliphatic hydroxyl groups is 2. The Kier molecular flexibility index (Phi) is 22.8. The summed E-state index contributed by atoms with van der Waals surface area (Å²) in [5, 5.41) is 43.1. The van der Waals surface area contributed by atoms with Gasteiger partial charge in [0.25, 0.3) is 0 Å². The van der Waals surface area contributed by atoms with E-state index in [1.807, 2.05) is 0 Å². The molecule has 0 spiro atoms. The van der Waals surface area contributed by atoms with Crippen LogP contribution in [0.5, 0.6) is 11.8 Å². The van der Waals surface area contributed by atoms with E-state index in [1.165, 1.54) is 102 Å². The molecule has 22 atom stereocenters. The Bertz CT molecular complexity index is 2530. The van der Waals surface area contributed by atoms with Crippen molar-refractivity contribution in [1.29, 1.82) is 0 Å². The molecule has 456 valence electrons. The van der Waals surface area contributed by atoms with E-state index < -0.39 is 20.3 Å². The van der Waals surface area contributed by atoms with E-state index >= 15 is 0 Å². The van der Waals surface area contributed by atoms with Crippen LogP contribution in [0.3, 0.4) is 0 Å². The number of aliphatic hydroxyl groups excluding tert-OH is 2. The number of carboxylic acids is 2. The first kappa shape index (κ1) is 68.7. The van der Waals surface area contributed by atoms with Crippen LogP contribution >= 0.6 is 47.2 Å². The van der Waals surface area contributed by atoms with Crippen LogP contribution in [0.2, 0.25) is 29.7 Å². The fraction of sp³-hybridized carbons (Fsp3) is 0.818. The first-order valence-electron chi connectivity index (χ1n) is 31.8. The van der Waals surface area contributed by atoms with Crippen molar-refractivity contribution in [2.75, 3.05) is 13.2 Å². The molecule has 3 N–H and O–H groups in total. The number of halogens is 3. The molecule has 2 heterocycles. The number of hydrogen-bond acceptors (Lipinski definition) is 10. The molecule has 0 amide bonds. The average Bonchev–Trinajstić information content (AvgIpc) is 4.01. The van der Waals surface area contributed by atoms with Crippen LogP contribution in [0, 0.1) is 110 Å². The van der Waals surface area contributed by atoms with Gasteiger partial charge in [0.1, 0.15) is 10.0 Å². The van der Waals surface area contributed by atoms with Crippen molar-refractivity contribution in [1.82, 2.24) is 9.97 Å². The summed E-state index contributed by atoms with van der Waals surface area (Å²) in [5.74, 6) is 7.16. The molecule has 2 aromatic rings. The Morgan fingerprint density at radius 3 is 1.61 bits per heavy atom. The zero-order chi connectivity index (χ0) is 58.0. The number of rotatable bonds is 16. The van der Waals surface area contributed by atoms with E-state index in [4.69, 9.17) is 42.2 Å². The van der Waals surface area contributed by atoms with E-state index in [0.717, 1.165) is 62.2 Å². The Morgan fingerprint density at radius 2 is 1.12 bits per heavy atom. The van der Waals surface area contributed by atoms with E-state index in [1.54, 1.807) is 0 Å². The number of ether oxygens (including phenoxy) is 2. The molecule has 0 aromatic carbocycles. The third-order valence-corrected chi connectivity index (χ3v) is 26.3. The summed E-state index contributed by atoms with van der Waals surface area (Å²) in [6, 6.07) is 2.74. The van der Waals surface area contributed by atoms with Gasteiger partial charge in [-0.15, -0.1) is 24.0 Å². The van der Waals surface area contributed by atoms with Crippen LogP contribution in [0.25, 0.3) is 0 Å². The molecule has 0 bridgehead atoms. The topological polar surface area (TPSA) is 171 Å². The molecule has 10 rings (SSSR count). The van der Waals surface area contributed by atoms with Gasteiger partial charge in [-0.05, 0) is 239 Å². The van der Waals surface area contributed by atoms with Crippen LogP contribution in [0.4, 0.5) is 0 Å². The minimum absolute atomic E-state index is 0. The molecule has 8 saturated carbocycles. The quantitative estimate of drug-likeness (QED) is 0.108. The van der Waals surface area contributed by atoms with E-state index in [0.29, 0.717) is 95.2 Å². The van der Waals surface area contributed by atoms with Gasteiger partial charge in [0.2, 0.25) is 11.8 Å². The maximum atomic E-state index is 11.9. The summed E-state index contributed by atoms with van der Waals surface area (Å²) in [4.78, 5) is 30.5. The molecule has 2 aromatic heterocycles. The van der Waals surface area contributed by atoms with Crippen molar-refractivity contribution in [2.24, 2.45) is 110 Å². The van der Waals surface area contributed by atoms with Gasteiger partial charge >= 0.3 is 35.5 Å². The number of carbonyl (C=O) groups excluding carboxylic acids is 1. The molecule has 8 fully saturated rings. The first-order valence-corrected chi connectivity index (χ1v) is 35.9. The van der Waals surface area contributed by atoms with Gasteiger partial charge in [0.15, 0.2) is 8.32 Å².